The minimum Gasteiger partial charge on any atom is -0.342 e. The van der Waals surface area contributed by atoms with Crippen LogP contribution in [-0.2, 0) is 14.3 Å². The summed E-state index contributed by atoms with van der Waals surface area (Å²) >= 11 is 3.29. The van der Waals surface area contributed by atoms with Crippen molar-refractivity contribution in [1.29, 1.82) is 0 Å². The molecule has 70 valence electrons. The summed E-state index contributed by atoms with van der Waals surface area (Å²) in [5, 5.41) is 0. The molecule has 0 saturated carbocycles. The van der Waals surface area contributed by atoms with Crippen molar-refractivity contribution in [2.45, 2.75) is 12.2 Å². The molecule has 1 spiro atoms. The van der Waals surface area contributed by atoms with Gasteiger partial charge in [0.2, 0.25) is 5.79 Å². The normalized spacial score (nSPS) is 26.2. The zero-order valence-electron chi connectivity index (χ0n) is 6.96. The van der Waals surface area contributed by atoms with E-state index >= 15 is 0 Å². The third kappa shape index (κ3) is 1.61. The largest absolute Gasteiger partial charge is 0.342 e. The van der Waals surface area contributed by atoms with E-state index in [0.29, 0.717) is 17.7 Å². The summed E-state index contributed by atoms with van der Waals surface area (Å²) < 4.78 is 11.6. The van der Waals surface area contributed by atoms with Crippen LogP contribution in [0.4, 0.5) is 0 Å². The van der Waals surface area contributed by atoms with Crippen LogP contribution in [0, 0.1) is 0 Å². The monoisotopic (exact) mass is 244 g/mol. The first-order valence-electron chi connectivity index (χ1n) is 4.12. The van der Waals surface area contributed by atoms with E-state index in [1.54, 1.807) is 6.08 Å². The molecule has 2 rings (SSSR count). The Morgan fingerprint density at radius 3 is 2.69 bits per heavy atom. The fraction of sp³-hybridized carbons (Fsp3) is 0.444. The predicted octanol–water partition coefficient (Wildman–Crippen LogP) is 1.54. The predicted molar refractivity (Wildman–Crippen MR) is 50.4 cm³/mol. The zero-order valence-corrected chi connectivity index (χ0v) is 8.54. The fourth-order valence-corrected chi connectivity index (χ4v) is 1.91. The maximum absolute atomic E-state index is 11.0. The molecule has 0 N–H and O–H groups in total. The van der Waals surface area contributed by atoms with Crippen molar-refractivity contribution < 1.29 is 14.3 Å². The van der Waals surface area contributed by atoms with E-state index in [9.17, 15) is 4.79 Å². The molecule has 0 atom stereocenters. The number of ketones is 1. The number of carbonyl (C=O) groups is 1. The molecule has 1 saturated heterocycles. The van der Waals surface area contributed by atoms with Crippen molar-refractivity contribution in [3.8, 4) is 0 Å². The lowest BCUT2D eigenvalue weighted by atomic mass is 10.1. The molecule has 1 fully saturated rings. The van der Waals surface area contributed by atoms with Gasteiger partial charge in [-0.3, -0.25) is 4.79 Å². The van der Waals surface area contributed by atoms with Crippen molar-refractivity contribution in [3.05, 3.63) is 22.7 Å². The molecule has 0 amide bonds. The highest BCUT2D eigenvalue weighted by molar-refractivity contribution is 9.11. The Bertz CT molecular complexity index is 287. The Balaban J connectivity index is 2.26. The summed E-state index contributed by atoms with van der Waals surface area (Å²) in [6, 6.07) is 0. The highest BCUT2D eigenvalue weighted by Gasteiger charge is 2.37. The number of halogens is 1. The minimum absolute atomic E-state index is 0.0460. The van der Waals surface area contributed by atoms with Crippen molar-refractivity contribution in [2.75, 3.05) is 13.2 Å². The second-order valence-corrected chi connectivity index (χ2v) is 3.80. The second kappa shape index (κ2) is 3.36. The van der Waals surface area contributed by atoms with Crippen LogP contribution in [0.15, 0.2) is 22.7 Å². The van der Waals surface area contributed by atoms with Crippen LogP contribution < -0.4 is 0 Å². The number of hydrogen-bond acceptors (Lipinski definition) is 3. The quantitative estimate of drug-likeness (QED) is 0.649. The highest BCUT2D eigenvalue weighted by atomic mass is 79.9. The third-order valence-corrected chi connectivity index (χ3v) is 2.77. The van der Waals surface area contributed by atoms with Crippen LogP contribution >= 0.6 is 15.9 Å². The summed E-state index contributed by atoms with van der Waals surface area (Å²) in [4.78, 5) is 11.0. The molecular formula is C9H9BrO3. The van der Waals surface area contributed by atoms with Crippen LogP contribution in [0.2, 0.25) is 0 Å². The van der Waals surface area contributed by atoms with Crippen molar-refractivity contribution in [1.82, 2.24) is 0 Å². The van der Waals surface area contributed by atoms with Crippen LogP contribution in [0.3, 0.4) is 0 Å². The van der Waals surface area contributed by atoms with E-state index in [2.05, 4.69) is 15.9 Å². The van der Waals surface area contributed by atoms with E-state index in [-0.39, 0.29) is 5.78 Å². The molecule has 1 heterocycles. The van der Waals surface area contributed by atoms with Gasteiger partial charge in [0.25, 0.3) is 0 Å². The van der Waals surface area contributed by atoms with Crippen LogP contribution in [0.25, 0.3) is 0 Å². The first kappa shape index (κ1) is 9.12. The van der Waals surface area contributed by atoms with Crippen molar-refractivity contribution >= 4 is 21.7 Å². The second-order valence-electron chi connectivity index (χ2n) is 2.95. The van der Waals surface area contributed by atoms with Gasteiger partial charge in [0.05, 0.1) is 17.7 Å². The van der Waals surface area contributed by atoms with Crippen molar-refractivity contribution in [2.24, 2.45) is 0 Å². The van der Waals surface area contributed by atoms with E-state index < -0.39 is 5.79 Å². The Hall–Kier alpha value is -0.450. The molecule has 4 heteroatoms. The van der Waals surface area contributed by atoms with Crippen LogP contribution in [-0.4, -0.2) is 24.8 Å². The van der Waals surface area contributed by atoms with Gasteiger partial charge in [-0.1, -0.05) is 0 Å². The van der Waals surface area contributed by atoms with Crippen LogP contribution in [0.5, 0.6) is 0 Å². The molecular weight excluding hydrogens is 236 g/mol. The maximum atomic E-state index is 11.0. The van der Waals surface area contributed by atoms with E-state index in [1.165, 1.54) is 12.2 Å². The summed E-state index contributed by atoms with van der Waals surface area (Å²) in [5.74, 6) is -0.873. The van der Waals surface area contributed by atoms with E-state index in [1.807, 2.05) is 0 Å². The number of rotatable bonds is 0. The zero-order chi connectivity index (χ0) is 9.31. The molecule has 13 heavy (non-hydrogen) atoms. The highest BCUT2D eigenvalue weighted by Crippen LogP contribution is 2.34. The van der Waals surface area contributed by atoms with Gasteiger partial charge in [-0.05, 0) is 34.5 Å². The van der Waals surface area contributed by atoms with Gasteiger partial charge in [-0.25, -0.2) is 0 Å². The van der Waals surface area contributed by atoms with Crippen molar-refractivity contribution in [3.63, 3.8) is 0 Å². The molecule has 0 bridgehead atoms. The maximum Gasteiger partial charge on any atom is 0.222 e. The molecule has 0 radical (unpaired) electrons. The van der Waals surface area contributed by atoms with Gasteiger partial charge in [0.15, 0.2) is 5.78 Å². The summed E-state index contributed by atoms with van der Waals surface area (Å²) in [6.07, 6.45) is 5.49. The Kier molecular flexibility index (Phi) is 2.36. The lowest BCUT2D eigenvalue weighted by Gasteiger charge is -2.35. The van der Waals surface area contributed by atoms with E-state index in [0.717, 1.165) is 6.42 Å². The van der Waals surface area contributed by atoms with Crippen LogP contribution in [0.1, 0.15) is 6.42 Å². The Morgan fingerprint density at radius 2 is 2.08 bits per heavy atom. The molecule has 3 nitrogen and oxygen atoms in total. The van der Waals surface area contributed by atoms with Gasteiger partial charge in [0.1, 0.15) is 0 Å². The molecule has 0 aromatic rings. The minimum atomic E-state index is -0.827. The van der Waals surface area contributed by atoms with Gasteiger partial charge >= 0.3 is 0 Å². The standard InChI is InChI=1S/C9H9BrO3/c10-8-6-7(11)2-3-9(8)12-4-1-5-13-9/h2-3,6H,1,4-5H2. The number of allylic oxidation sites excluding steroid dienone is 2. The SMILES string of the molecule is O=C1C=CC2(OCCCO2)C(Br)=C1. The Morgan fingerprint density at radius 1 is 1.38 bits per heavy atom. The third-order valence-electron chi connectivity index (χ3n) is 1.99. The lowest BCUT2D eigenvalue weighted by Crippen LogP contribution is -2.40. The van der Waals surface area contributed by atoms with E-state index in [4.69, 9.17) is 9.47 Å². The lowest BCUT2D eigenvalue weighted by molar-refractivity contribution is -0.208. The van der Waals surface area contributed by atoms with Gasteiger partial charge in [-0.15, -0.1) is 0 Å². The smallest absolute Gasteiger partial charge is 0.222 e. The van der Waals surface area contributed by atoms with Gasteiger partial charge in [0, 0.05) is 6.08 Å². The topological polar surface area (TPSA) is 35.5 Å². The Labute approximate surface area is 84.5 Å². The van der Waals surface area contributed by atoms with Gasteiger partial charge < -0.3 is 9.47 Å². The first-order valence-corrected chi connectivity index (χ1v) is 4.91. The summed E-state index contributed by atoms with van der Waals surface area (Å²) in [7, 11) is 0. The fourth-order valence-electron chi connectivity index (χ4n) is 1.33. The molecule has 0 unspecified atom stereocenters. The summed E-state index contributed by atoms with van der Waals surface area (Å²) in [6.45, 7) is 1.31. The molecule has 0 aromatic heterocycles. The average molecular weight is 245 g/mol. The number of ether oxygens (including phenoxy) is 2. The molecule has 1 aliphatic heterocycles. The molecule has 2 aliphatic rings. The first-order chi connectivity index (χ1) is 6.23. The number of hydrogen-bond donors (Lipinski definition) is 0. The molecule has 1 aliphatic carbocycles. The molecule has 0 aromatic carbocycles. The summed E-state index contributed by atoms with van der Waals surface area (Å²) in [5.41, 5.74) is 0. The average Bonchev–Trinajstić information content (AvgIpc) is 2.14. The number of carbonyl (C=O) groups excluding carboxylic acids is 1. The van der Waals surface area contributed by atoms with Gasteiger partial charge in [-0.2, -0.15) is 0 Å².